The highest BCUT2D eigenvalue weighted by Gasteiger charge is 2.31. The summed E-state index contributed by atoms with van der Waals surface area (Å²) >= 11 is 0. The first-order valence-corrected chi connectivity index (χ1v) is 17.1. The molecule has 19 N–H and O–H groups in total. The summed E-state index contributed by atoms with van der Waals surface area (Å²) in [5.74, 6) is -5.45. The number of nitrogens with two attached hydrogens (primary N) is 6. The number of carboxylic acid groups (broad SMARTS) is 1. The summed E-state index contributed by atoms with van der Waals surface area (Å²) in [5, 5.41) is 25.4. The van der Waals surface area contributed by atoms with Crippen molar-refractivity contribution in [2.24, 2.45) is 55.3 Å². The first-order chi connectivity index (χ1) is 24.5. The summed E-state index contributed by atoms with van der Waals surface area (Å²) in [6.45, 7) is 3.76. The fourth-order valence-electron chi connectivity index (χ4n) is 5.07. The number of guanidine groups is 3. The Bertz CT molecular complexity index is 1290. The fraction of sp³-hybridized carbons (Fsp3) is 0.700. The molecule has 0 unspecified atom stereocenters. The second-order valence-electron chi connectivity index (χ2n) is 12.5. The first-order valence-electron chi connectivity index (χ1n) is 17.1. The highest BCUT2D eigenvalue weighted by molar-refractivity contribution is 5.95. The summed E-state index contributed by atoms with van der Waals surface area (Å²) in [7, 11) is 0. The number of hydrogen-bond acceptors (Lipinski definition) is 10. The molecule has 5 atom stereocenters. The zero-order chi connectivity index (χ0) is 39.2. The number of amides is 5. The smallest absolute Gasteiger partial charge is 0.326 e. The fourth-order valence-corrected chi connectivity index (χ4v) is 5.07. The first kappa shape index (κ1) is 44.6. The zero-order valence-electron chi connectivity index (χ0n) is 29.9. The second-order valence-corrected chi connectivity index (χ2v) is 12.5. The van der Waals surface area contributed by atoms with Crippen LogP contribution in [-0.4, -0.2) is 121 Å². The van der Waals surface area contributed by atoms with Crippen LogP contribution in [0.5, 0.6) is 0 Å². The molecule has 0 bridgehead atoms. The Kier molecular flexibility index (Phi) is 20.5. The van der Waals surface area contributed by atoms with Crippen LogP contribution in [0.25, 0.3) is 0 Å². The van der Waals surface area contributed by atoms with Crippen molar-refractivity contribution in [1.82, 2.24) is 31.9 Å². The third kappa shape index (κ3) is 18.5. The van der Waals surface area contributed by atoms with Crippen molar-refractivity contribution >= 4 is 53.4 Å². The predicted octanol–water partition coefficient (Wildman–Crippen LogP) is -5.30. The maximum Gasteiger partial charge on any atom is 0.326 e. The van der Waals surface area contributed by atoms with Crippen LogP contribution in [0.1, 0.15) is 65.2 Å². The van der Waals surface area contributed by atoms with Crippen molar-refractivity contribution in [2.45, 2.75) is 95.4 Å². The summed E-state index contributed by atoms with van der Waals surface area (Å²) < 4.78 is 0. The molecule has 0 radical (unpaired) electrons. The van der Waals surface area contributed by atoms with Crippen molar-refractivity contribution in [3.05, 3.63) is 0 Å². The van der Waals surface area contributed by atoms with Crippen LogP contribution in [0.15, 0.2) is 15.0 Å². The Morgan fingerprint density at radius 3 is 1.58 bits per heavy atom. The molecule has 1 saturated heterocycles. The van der Waals surface area contributed by atoms with E-state index in [0.29, 0.717) is 19.4 Å². The van der Waals surface area contributed by atoms with Gasteiger partial charge in [0.15, 0.2) is 17.9 Å². The SMILES string of the molecule is CC(C)[C@H](NC(=O)[C@H](CCCN=C(N)N)NC(=O)CNC(=O)[C@H](CCCN=C(N)N)NC(=O)[C@H](CCCN=C(N)N)NC(=O)[C@@H]1CCCN1)C(=O)O. The maximum atomic E-state index is 13.5. The largest absolute Gasteiger partial charge is 0.480 e. The number of carboxylic acids is 1. The summed E-state index contributed by atoms with van der Waals surface area (Å²) in [5.41, 5.74) is 32.3. The molecule has 0 aromatic rings. The van der Waals surface area contributed by atoms with Gasteiger partial charge in [0, 0.05) is 19.6 Å². The van der Waals surface area contributed by atoms with Crippen molar-refractivity contribution in [1.29, 1.82) is 0 Å². The maximum absolute atomic E-state index is 13.5. The van der Waals surface area contributed by atoms with Crippen LogP contribution in [0.3, 0.4) is 0 Å². The Labute approximate surface area is 302 Å². The lowest BCUT2D eigenvalue weighted by molar-refractivity contribution is -0.143. The van der Waals surface area contributed by atoms with Gasteiger partial charge >= 0.3 is 5.97 Å². The quantitative estimate of drug-likeness (QED) is 0.0250. The van der Waals surface area contributed by atoms with E-state index in [1.165, 1.54) is 0 Å². The number of nitrogens with one attached hydrogen (secondary N) is 6. The van der Waals surface area contributed by atoms with E-state index in [-0.39, 0.29) is 75.5 Å². The van der Waals surface area contributed by atoms with E-state index >= 15 is 0 Å². The molecule has 0 saturated carbocycles. The zero-order valence-corrected chi connectivity index (χ0v) is 29.9. The van der Waals surface area contributed by atoms with Crippen LogP contribution in [0.2, 0.25) is 0 Å². The average molecular weight is 740 g/mol. The highest BCUT2D eigenvalue weighted by atomic mass is 16.4. The van der Waals surface area contributed by atoms with E-state index in [4.69, 9.17) is 34.4 Å². The lowest BCUT2D eigenvalue weighted by atomic mass is 10.0. The molecule has 294 valence electrons. The van der Waals surface area contributed by atoms with E-state index < -0.39 is 72.3 Å². The van der Waals surface area contributed by atoms with Gasteiger partial charge in [-0.05, 0) is 63.8 Å². The van der Waals surface area contributed by atoms with Crippen molar-refractivity contribution in [3.8, 4) is 0 Å². The minimum Gasteiger partial charge on any atom is -0.480 e. The number of hydrogen-bond donors (Lipinski definition) is 13. The molecule has 1 rings (SSSR count). The minimum atomic E-state index is -1.25. The van der Waals surface area contributed by atoms with E-state index in [1.807, 2.05) is 0 Å². The van der Waals surface area contributed by atoms with Gasteiger partial charge in [0.2, 0.25) is 29.5 Å². The standard InChI is InChI=1S/C30H57N15O7/c1-16(2)22(27(51)52)45-26(50)19(9-5-13-39-29(33)34)42-21(46)15-41-23(47)18(8-4-12-38-28(31)32)43-25(49)20(10-6-14-40-30(35)36)44-24(48)17-7-3-11-37-17/h16-20,22,37H,3-15H2,1-2H3,(H,41,47)(H,42,46)(H,43,49)(H,44,48)(H,45,50)(H,51,52)(H4,31,32,38)(H4,33,34,39)(H4,35,36,40)/t17-,18-,19-,20-,22-/m0/s1. The number of rotatable bonds is 24. The number of carbonyl (C=O) groups excluding carboxylic acids is 5. The van der Waals surface area contributed by atoms with Crippen LogP contribution >= 0.6 is 0 Å². The summed E-state index contributed by atoms with van der Waals surface area (Å²) in [6.07, 6.45) is 2.50. The third-order valence-electron chi connectivity index (χ3n) is 7.78. The van der Waals surface area contributed by atoms with Gasteiger partial charge < -0.3 is 71.4 Å². The van der Waals surface area contributed by atoms with Gasteiger partial charge in [0.25, 0.3) is 0 Å². The number of carbonyl (C=O) groups is 6. The van der Waals surface area contributed by atoms with Crippen LogP contribution in [0.4, 0.5) is 0 Å². The Balaban J connectivity index is 3.08. The molecule has 52 heavy (non-hydrogen) atoms. The van der Waals surface area contributed by atoms with Gasteiger partial charge in [-0.3, -0.25) is 38.9 Å². The molecule has 0 aromatic carbocycles. The van der Waals surface area contributed by atoms with Gasteiger partial charge in [0.1, 0.15) is 24.2 Å². The normalized spacial score (nSPS) is 15.9. The number of aliphatic carboxylic acids is 1. The van der Waals surface area contributed by atoms with Gasteiger partial charge in [-0.2, -0.15) is 0 Å². The molecular weight excluding hydrogens is 682 g/mol. The van der Waals surface area contributed by atoms with Gasteiger partial charge in [-0.15, -0.1) is 0 Å². The molecule has 22 nitrogen and oxygen atoms in total. The van der Waals surface area contributed by atoms with Gasteiger partial charge in [-0.25, -0.2) is 4.79 Å². The molecule has 5 amide bonds. The topological polar surface area (TPSA) is 388 Å². The van der Waals surface area contributed by atoms with Crippen LogP contribution < -0.4 is 66.3 Å². The lowest BCUT2D eigenvalue weighted by Gasteiger charge is -2.25. The Hall–Kier alpha value is -5.41. The van der Waals surface area contributed by atoms with E-state index in [2.05, 4.69) is 46.9 Å². The summed E-state index contributed by atoms with van der Waals surface area (Å²) in [6, 6.07) is -5.10. The molecule has 0 aliphatic carbocycles. The minimum absolute atomic E-state index is 0.0445. The average Bonchev–Trinajstić information content (AvgIpc) is 3.61. The lowest BCUT2D eigenvalue weighted by Crippen LogP contribution is -2.57. The van der Waals surface area contributed by atoms with Gasteiger partial charge in [-0.1, -0.05) is 13.8 Å². The van der Waals surface area contributed by atoms with Gasteiger partial charge in [0.05, 0.1) is 12.6 Å². The molecule has 0 spiro atoms. The predicted molar refractivity (Wildman–Crippen MR) is 194 cm³/mol. The molecule has 1 heterocycles. The van der Waals surface area contributed by atoms with E-state index in [0.717, 1.165) is 6.42 Å². The molecule has 1 aliphatic heterocycles. The molecular formula is C30H57N15O7. The second kappa shape index (κ2) is 23.9. The highest BCUT2D eigenvalue weighted by Crippen LogP contribution is 2.09. The Morgan fingerprint density at radius 2 is 1.15 bits per heavy atom. The molecule has 0 aromatic heterocycles. The van der Waals surface area contributed by atoms with Crippen molar-refractivity contribution < 1.29 is 33.9 Å². The molecule has 22 heteroatoms. The monoisotopic (exact) mass is 739 g/mol. The number of aliphatic imine (C=N–C) groups is 3. The summed E-state index contributed by atoms with van der Waals surface area (Å²) in [4.78, 5) is 89.1. The Morgan fingerprint density at radius 1 is 0.692 bits per heavy atom. The van der Waals surface area contributed by atoms with E-state index in [9.17, 15) is 33.9 Å². The molecule has 1 fully saturated rings. The van der Waals surface area contributed by atoms with Crippen LogP contribution in [0, 0.1) is 5.92 Å². The van der Waals surface area contributed by atoms with Crippen molar-refractivity contribution in [2.75, 3.05) is 32.7 Å². The van der Waals surface area contributed by atoms with Crippen molar-refractivity contribution in [3.63, 3.8) is 0 Å². The van der Waals surface area contributed by atoms with E-state index in [1.54, 1.807) is 13.8 Å². The molecule has 1 aliphatic rings. The van der Waals surface area contributed by atoms with Crippen LogP contribution in [-0.2, 0) is 28.8 Å². The number of nitrogens with zero attached hydrogens (tertiary/aromatic N) is 3. The third-order valence-corrected chi connectivity index (χ3v) is 7.78.